The van der Waals surface area contributed by atoms with Gasteiger partial charge in [-0.25, -0.2) is 4.39 Å². The summed E-state index contributed by atoms with van der Waals surface area (Å²) in [4.78, 5) is 13.9. The van der Waals surface area contributed by atoms with E-state index in [9.17, 15) is 9.18 Å². The first-order chi connectivity index (χ1) is 8.11. The predicted molar refractivity (Wildman–Crippen MR) is 64.8 cm³/mol. The van der Waals surface area contributed by atoms with Crippen LogP contribution in [-0.2, 0) is 11.3 Å². The second-order valence-electron chi connectivity index (χ2n) is 4.80. The molecule has 1 aliphatic rings. The Hall–Kier alpha value is -1.38. The lowest BCUT2D eigenvalue weighted by atomic mass is 10.2. The van der Waals surface area contributed by atoms with Crippen molar-refractivity contribution in [3.05, 3.63) is 35.6 Å². The number of carbonyl (C=O) groups is 1. The molecular weight excluding hydrogens is 217 g/mol. The van der Waals surface area contributed by atoms with Crippen LogP contribution >= 0.6 is 0 Å². The van der Waals surface area contributed by atoms with Crippen LogP contribution in [0.3, 0.4) is 0 Å². The minimum atomic E-state index is -0.245. The molecule has 17 heavy (non-hydrogen) atoms. The lowest BCUT2D eigenvalue weighted by molar-refractivity contribution is -0.133. The quantitative estimate of drug-likeness (QED) is 0.785. The molecule has 1 aromatic rings. The number of halogens is 1. The summed E-state index contributed by atoms with van der Waals surface area (Å²) < 4.78 is 13.1. The van der Waals surface area contributed by atoms with E-state index in [1.807, 2.05) is 17.9 Å². The molecule has 1 saturated carbocycles. The SMILES string of the molecule is CCN(Cc1cccc(F)c1)C(=O)[C@H]1C[C@H]1C. The number of benzene rings is 1. The fourth-order valence-corrected chi connectivity index (χ4v) is 2.10. The molecule has 1 aliphatic carbocycles. The molecule has 2 rings (SSSR count). The normalized spacial score (nSPS) is 22.3. The van der Waals surface area contributed by atoms with Crippen LogP contribution in [0.15, 0.2) is 24.3 Å². The van der Waals surface area contributed by atoms with Gasteiger partial charge in [0.2, 0.25) is 5.91 Å². The Balaban J connectivity index is 2.02. The molecule has 0 aliphatic heterocycles. The van der Waals surface area contributed by atoms with Gasteiger partial charge in [-0.1, -0.05) is 19.1 Å². The average Bonchev–Trinajstić information content (AvgIpc) is 3.02. The molecule has 92 valence electrons. The number of hydrogen-bond acceptors (Lipinski definition) is 1. The zero-order valence-corrected chi connectivity index (χ0v) is 10.3. The van der Waals surface area contributed by atoms with Crippen molar-refractivity contribution in [2.45, 2.75) is 26.8 Å². The first kappa shape index (κ1) is 12.1. The number of carbonyl (C=O) groups excluding carboxylic acids is 1. The highest BCUT2D eigenvalue weighted by molar-refractivity contribution is 5.81. The third-order valence-electron chi connectivity index (χ3n) is 3.38. The van der Waals surface area contributed by atoms with E-state index in [0.717, 1.165) is 12.0 Å². The van der Waals surface area contributed by atoms with Gasteiger partial charge in [-0.3, -0.25) is 4.79 Å². The zero-order chi connectivity index (χ0) is 12.4. The van der Waals surface area contributed by atoms with Crippen molar-refractivity contribution in [2.24, 2.45) is 11.8 Å². The van der Waals surface area contributed by atoms with E-state index in [-0.39, 0.29) is 17.6 Å². The van der Waals surface area contributed by atoms with Gasteiger partial charge < -0.3 is 4.90 Å². The predicted octanol–water partition coefficient (Wildman–Crippen LogP) is 2.83. The van der Waals surface area contributed by atoms with E-state index in [4.69, 9.17) is 0 Å². The van der Waals surface area contributed by atoms with E-state index < -0.39 is 0 Å². The average molecular weight is 235 g/mol. The summed E-state index contributed by atoms with van der Waals surface area (Å²) >= 11 is 0. The summed E-state index contributed by atoms with van der Waals surface area (Å²) in [5, 5.41) is 0. The Bertz CT molecular complexity index is 418. The van der Waals surface area contributed by atoms with Crippen molar-refractivity contribution in [3.8, 4) is 0 Å². The smallest absolute Gasteiger partial charge is 0.226 e. The number of hydrogen-bond donors (Lipinski definition) is 0. The molecule has 1 amide bonds. The standard InChI is InChI=1S/C14H18FNO/c1-3-16(14(17)13-7-10(13)2)9-11-5-4-6-12(15)8-11/h4-6,8,10,13H,3,7,9H2,1-2H3/t10-,13+/m1/s1. The molecule has 0 radical (unpaired) electrons. The summed E-state index contributed by atoms with van der Waals surface area (Å²) in [5.41, 5.74) is 0.855. The number of nitrogens with zero attached hydrogens (tertiary/aromatic N) is 1. The van der Waals surface area contributed by atoms with Crippen LogP contribution in [-0.4, -0.2) is 17.4 Å². The second kappa shape index (κ2) is 4.86. The fourth-order valence-electron chi connectivity index (χ4n) is 2.10. The molecule has 0 N–H and O–H groups in total. The maximum atomic E-state index is 13.1. The second-order valence-corrected chi connectivity index (χ2v) is 4.80. The maximum Gasteiger partial charge on any atom is 0.226 e. The van der Waals surface area contributed by atoms with Crippen LogP contribution in [0.4, 0.5) is 4.39 Å². The van der Waals surface area contributed by atoms with E-state index in [2.05, 4.69) is 6.92 Å². The zero-order valence-electron chi connectivity index (χ0n) is 10.3. The molecule has 0 bridgehead atoms. The fraction of sp³-hybridized carbons (Fsp3) is 0.500. The van der Waals surface area contributed by atoms with Crippen molar-refractivity contribution >= 4 is 5.91 Å². The molecule has 0 aromatic heterocycles. The van der Waals surface area contributed by atoms with Gasteiger partial charge >= 0.3 is 0 Å². The van der Waals surface area contributed by atoms with Gasteiger partial charge in [0, 0.05) is 19.0 Å². The van der Waals surface area contributed by atoms with Crippen LogP contribution < -0.4 is 0 Å². The van der Waals surface area contributed by atoms with E-state index in [1.54, 1.807) is 6.07 Å². The van der Waals surface area contributed by atoms with Gasteiger partial charge in [0.1, 0.15) is 5.82 Å². The van der Waals surface area contributed by atoms with Crippen LogP contribution in [0.1, 0.15) is 25.8 Å². The van der Waals surface area contributed by atoms with Crippen molar-refractivity contribution in [1.82, 2.24) is 4.90 Å². The number of rotatable bonds is 4. The Kier molecular flexibility index (Phi) is 3.46. The molecule has 2 nitrogen and oxygen atoms in total. The molecule has 0 saturated heterocycles. The van der Waals surface area contributed by atoms with Crippen LogP contribution in [0.2, 0.25) is 0 Å². The molecule has 0 heterocycles. The minimum absolute atomic E-state index is 0.198. The van der Waals surface area contributed by atoms with Crippen molar-refractivity contribution in [1.29, 1.82) is 0 Å². The van der Waals surface area contributed by atoms with Crippen molar-refractivity contribution < 1.29 is 9.18 Å². The highest BCUT2D eigenvalue weighted by atomic mass is 19.1. The lowest BCUT2D eigenvalue weighted by Crippen LogP contribution is -2.31. The molecule has 1 fully saturated rings. The minimum Gasteiger partial charge on any atom is -0.338 e. The van der Waals surface area contributed by atoms with Gasteiger partial charge in [0.15, 0.2) is 0 Å². The highest BCUT2D eigenvalue weighted by Gasteiger charge is 2.41. The Labute approximate surface area is 101 Å². The summed E-state index contributed by atoms with van der Waals surface area (Å²) in [5.74, 6) is 0.683. The first-order valence-corrected chi connectivity index (χ1v) is 6.15. The monoisotopic (exact) mass is 235 g/mol. The van der Waals surface area contributed by atoms with Crippen LogP contribution in [0.5, 0.6) is 0 Å². The maximum absolute atomic E-state index is 13.1. The summed E-state index contributed by atoms with van der Waals surface area (Å²) in [6.45, 7) is 5.25. The topological polar surface area (TPSA) is 20.3 Å². The molecule has 0 unspecified atom stereocenters. The first-order valence-electron chi connectivity index (χ1n) is 6.15. The van der Waals surface area contributed by atoms with Gasteiger partial charge in [-0.2, -0.15) is 0 Å². The van der Waals surface area contributed by atoms with Crippen molar-refractivity contribution in [2.75, 3.05) is 6.54 Å². The van der Waals surface area contributed by atoms with Gasteiger partial charge in [0.25, 0.3) is 0 Å². The Morgan fingerprint density at radius 1 is 1.53 bits per heavy atom. The van der Waals surface area contributed by atoms with Gasteiger partial charge in [-0.05, 0) is 37.0 Å². The Morgan fingerprint density at radius 3 is 2.76 bits per heavy atom. The third kappa shape index (κ3) is 2.84. The molecular formula is C14H18FNO. The van der Waals surface area contributed by atoms with Gasteiger partial charge in [0.05, 0.1) is 0 Å². The largest absolute Gasteiger partial charge is 0.338 e. The molecule has 3 heteroatoms. The summed E-state index contributed by atoms with van der Waals surface area (Å²) in [6.07, 6.45) is 0.998. The molecule has 0 spiro atoms. The molecule has 2 atom stereocenters. The lowest BCUT2D eigenvalue weighted by Gasteiger charge is -2.21. The molecule has 1 aromatic carbocycles. The van der Waals surface area contributed by atoms with Gasteiger partial charge in [-0.15, -0.1) is 0 Å². The third-order valence-corrected chi connectivity index (χ3v) is 3.38. The van der Waals surface area contributed by atoms with E-state index in [1.165, 1.54) is 12.1 Å². The number of amides is 1. The van der Waals surface area contributed by atoms with E-state index in [0.29, 0.717) is 19.0 Å². The summed E-state index contributed by atoms with van der Waals surface area (Å²) in [6, 6.07) is 6.45. The van der Waals surface area contributed by atoms with E-state index >= 15 is 0 Å². The highest BCUT2D eigenvalue weighted by Crippen LogP contribution is 2.39. The van der Waals surface area contributed by atoms with Crippen molar-refractivity contribution in [3.63, 3.8) is 0 Å². The van der Waals surface area contributed by atoms with Crippen LogP contribution in [0.25, 0.3) is 0 Å². The summed E-state index contributed by atoms with van der Waals surface area (Å²) in [7, 11) is 0. The van der Waals surface area contributed by atoms with Crippen LogP contribution in [0, 0.1) is 17.7 Å². The Morgan fingerprint density at radius 2 is 2.24 bits per heavy atom.